The van der Waals surface area contributed by atoms with Gasteiger partial charge in [-0.1, -0.05) is 23.7 Å². The number of pyridine rings is 2. The average molecular weight is 470 g/mol. The van der Waals surface area contributed by atoms with Crippen LogP contribution in [-0.2, 0) is 22.7 Å². The van der Waals surface area contributed by atoms with Gasteiger partial charge in [-0.2, -0.15) is 0 Å². The normalized spacial score (nSPS) is 10.7. The summed E-state index contributed by atoms with van der Waals surface area (Å²) in [7, 11) is 1.56. The molecule has 0 saturated heterocycles. The van der Waals surface area contributed by atoms with Gasteiger partial charge >= 0.3 is 0 Å². The fourth-order valence-corrected chi connectivity index (χ4v) is 3.38. The summed E-state index contributed by atoms with van der Waals surface area (Å²) >= 11 is 5.88. The van der Waals surface area contributed by atoms with E-state index in [4.69, 9.17) is 17.3 Å². The van der Waals surface area contributed by atoms with Gasteiger partial charge in [0, 0.05) is 56.1 Å². The summed E-state index contributed by atoms with van der Waals surface area (Å²) in [5, 5.41) is 3.93. The van der Waals surface area contributed by atoms with Crippen LogP contribution in [0.5, 0.6) is 0 Å². The van der Waals surface area contributed by atoms with E-state index in [1.54, 1.807) is 49.6 Å². The first kappa shape index (κ1) is 23.9. The molecule has 0 aliphatic carbocycles. The van der Waals surface area contributed by atoms with E-state index in [0.717, 1.165) is 5.56 Å². The number of carbonyl (C=O) groups excluding carboxylic acids is 3. The van der Waals surface area contributed by atoms with Gasteiger partial charge < -0.3 is 16.0 Å². The summed E-state index contributed by atoms with van der Waals surface area (Å²) in [4.78, 5) is 55.0. The second-order valence-corrected chi connectivity index (χ2v) is 7.96. The number of primary amides is 1. The first-order valence-electron chi connectivity index (χ1n) is 10.3. The van der Waals surface area contributed by atoms with E-state index in [-0.39, 0.29) is 43.9 Å². The quantitative estimate of drug-likeness (QED) is 0.493. The molecule has 0 spiro atoms. The van der Waals surface area contributed by atoms with Gasteiger partial charge in [-0.05, 0) is 35.9 Å². The molecule has 0 atom stereocenters. The zero-order chi connectivity index (χ0) is 24.0. The topological polar surface area (TPSA) is 127 Å². The molecular weight excluding hydrogens is 446 g/mol. The monoisotopic (exact) mass is 469 g/mol. The van der Waals surface area contributed by atoms with Crippen LogP contribution in [0.4, 0.5) is 0 Å². The molecule has 0 radical (unpaired) electrons. The Morgan fingerprint density at radius 3 is 2.58 bits per heavy atom. The van der Waals surface area contributed by atoms with Gasteiger partial charge in [0.1, 0.15) is 11.2 Å². The molecule has 3 amide bonds. The molecule has 3 aromatic rings. The van der Waals surface area contributed by atoms with Crippen molar-refractivity contribution in [1.29, 1.82) is 0 Å². The highest BCUT2D eigenvalue weighted by atomic mass is 35.5. The van der Waals surface area contributed by atoms with Gasteiger partial charge in [0.05, 0.1) is 0 Å². The summed E-state index contributed by atoms with van der Waals surface area (Å²) in [6.07, 6.45) is 1.59. The molecule has 0 fully saturated rings. The van der Waals surface area contributed by atoms with Gasteiger partial charge in [0.15, 0.2) is 0 Å². The number of nitrogens with two attached hydrogens (primary N) is 1. The molecule has 2 aromatic heterocycles. The van der Waals surface area contributed by atoms with Crippen LogP contribution in [0.25, 0.3) is 11.0 Å². The Morgan fingerprint density at radius 2 is 1.88 bits per heavy atom. The van der Waals surface area contributed by atoms with Crippen LogP contribution in [-0.4, -0.2) is 45.8 Å². The maximum absolute atomic E-state index is 13.1. The summed E-state index contributed by atoms with van der Waals surface area (Å²) in [5.41, 5.74) is 5.76. The van der Waals surface area contributed by atoms with Gasteiger partial charge in [0.25, 0.3) is 11.5 Å². The molecule has 0 saturated carbocycles. The number of aryl methyl sites for hydroxylation is 1. The maximum Gasteiger partial charge on any atom is 0.265 e. The zero-order valence-corrected chi connectivity index (χ0v) is 18.8. The van der Waals surface area contributed by atoms with E-state index in [2.05, 4.69) is 10.3 Å². The number of nitrogens with one attached hydrogen (secondary N) is 1. The van der Waals surface area contributed by atoms with Crippen LogP contribution in [0, 0.1) is 0 Å². The second kappa shape index (κ2) is 10.7. The van der Waals surface area contributed by atoms with E-state index in [1.165, 1.54) is 15.5 Å². The van der Waals surface area contributed by atoms with Crippen molar-refractivity contribution >= 4 is 40.4 Å². The molecule has 1 aromatic carbocycles. The predicted octanol–water partition coefficient (Wildman–Crippen LogP) is 1.70. The lowest BCUT2D eigenvalue weighted by Crippen LogP contribution is -2.35. The summed E-state index contributed by atoms with van der Waals surface area (Å²) in [6, 6.07) is 11.9. The maximum atomic E-state index is 13.1. The Labute approximate surface area is 195 Å². The second-order valence-electron chi connectivity index (χ2n) is 7.52. The van der Waals surface area contributed by atoms with Gasteiger partial charge in [-0.25, -0.2) is 4.98 Å². The molecule has 172 valence electrons. The Morgan fingerprint density at radius 1 is 1.15 bits per heavy atom. The van der Waals surface area contributed by atoms with E-state index >= 15 is 0 Å². The van der Waals surface area contributed by atoms with Crippen molar-refractivity contribution in [3.8, 4) is 0 Å². The standard InChI is InChI=1S/C23H24ClN5O4/c1-28(11-8-19(25)30)20(31)9-12-29-21-16(3-2-10-26-21)13-18(23(29)33)22(32)27-14-15-4-6-17(24)7-5-15/h2-7,10,13H,8-9,11-12,14H2,1H3,(H2,25,30)(H,27,32). The predicted molar refractivity (Wildman–Crippen MR) is 125 cm³/mol. The van der Waals surface area contributed by atoms with Gasteiger partial charge in [-0.15, -0.1) is 0 Å². The highest BCUT2D eigenvalue weighted by Gasteiger charge is 2.18. The minimum absolute atomic E-state index is 0.00328. The lowest BCUT2D eigenvalue weighted by molar-refractivity contribution is -0.130. The van der Waals surface area contributed by atoms with Crippen LogP contribution in [0.2, 0.25) is 5.02 Å². The first-order chi connectivity index (χ1) is 15.8. The molecule has 33 heavy (non-hydrogen) atoms. The fraction of sp³-hybridized carbons (Fsp3) is 0.261. The molecule has 0 bridgehead atoms. The highest BCUT2D eigenvalue weighted by Crippen LogP contribution is 2.13. The number of rotatable bonds is 9. The Kier molecular flexibility index (Phi) is 7.78. The lowest BCUT2D eigenvalue weighted by atomic mass is 10.1. The van der Waals surface area contributed by atoms with E-state index in [1.807, 2.05) is 0 Å². The number of aromatic nitrogens is 2. The van der Waals surface area contributed by atoms with Crippen molar-refractivity contribution in [2.45, 2.75) is 25.9 Å². The molecule has 3 N–H and O–H groups in total. The number of nitrogens with zero attached hydrogens (tertiary/aromatic N) is 3. The molecule has 0 aliphatic heterocycles. The SMILES string of the molecule is CN(CCC(N)=O)C(=O)CCn1c(=O)c(C(=O)NCc2ccc(Cl)cc2)cc2cccnc21. The highest BCUT2D eigenvalue weighted by molar-refractivity contribution is 6.30. The molecule has 0 aliphatic rings. The molecule has 2 heterocycles. The Balaban J connectivity index is 1.81. The number of amides is 3. The average Bonchev–Trinajstić information content (AvgIpc) is 2.80. The third-order valence-corrected chi connectivity index (χ3v) is 5.38. The number of hydrogen-bond acceptors (Lipinski definition) is 5. The zero-order valence-electron chi connectivity index (χ0n) is 18.1. The first-order valence-corrected chi connectivity index (χ1v) is 10.7. The van der Waals surface area contributed by atoms with Gasteiger partial charge in [-0.3, -0.25) is 23.7 Å². The third kappa shape index (κ3) is 6.17. The smallest absolute Gasteiger partial charge is 0.265 e. The number of benzene rings is 1. The van der Waals surface area contributed by atoms with E-state index in [0.29, 0.717) is 16.1 Å². The van der Waals surface area contributed by atoms with Crippen molar-refractivity contribution < 1.29 is 14.4 Å². The van der Waals surface area contributed by atoms with Crippen molar-refractivity contribution in [3.63, 3.8) is 0 Å². The molecule has 10 heteroatoms. The van der Waals surface area contributed by atoms with Crippen LogP contribution >= 0.6 is 11.6 Å². The van der Waals surface area contributed by atoms with E-state index < -0.39 is 17.4 Å². The summed E-state index contributed by atoms with van der Waals surface area (Å²) in [6.45, 7) is 0.448. The van der Waals surface area contributed by atoms with E-state index in [9.17, 15) is 19.2 Å². The largest absolute Gasteiger partial charge is 0.370 e. The van der Waals surface area contributed by atoms with Crippen molar-refractivity contribution in [3.05, 3.63) is 75.2 Å². The summed E-state index contributed by atoms with van der Waals surface area (Å²) in [5.74, 6) is -1.29. The Hall–Kier alpha value is -3.72. The van der Waals surface area contributed by atoms with Crippen molar-refractivity contribution in [1.82, 2.24) is 19.8 Å². The van der Waals surface area contributed by atoms with Crippen LogP contribution < -0.4 is 16.6 Å². The van der Waals surface area contributed by atoms with Crippen molar-refractivity contribution in [2.24, 2.45) is 5.73 Å². The minimum atomic E-state index is -0.539. The van der Waals surface area contributed by atoms with Crippen LogP contribution in [0.15, 0.2) is 53.5 Å². The van der Waals surface area contributed by atoms with Gasteiger partial charge in [0.2, 0.25) is 11.8 Å². The molecule has 0 unspecified atom stereocenters. The number of hydrogen-bond donors (Lipinski definition) is 2. The van der Waals surface area contributed by atoms with Crippen LogP contribution in [0.3, 0.4) is 0 Å². The third-order valence-electron chi connectivity index (χ3n) is 5.13. The Bertz CT molecular complexity index is 1240. The molecule has 3 rings (SSSR count). The number of halogens is 1. The van der Waals surface area contributed by atoms with Crippen molar-refractivity contribution in [2.75, 3.05) is 13.6 Å². The minimum Gasteiger partial charge on any atom is -0.370 e. The lowest BCUT2D eigenvalue weighted by Gasteiger charge is -2.17. The summed E-state index contributed by atoms with van der Waals surface area (Å²) < 4.78 is 1.33. The number of fused-ring (bicyclic) bond motifs is 1. The molecule has 9 nitrogen and oxygen atoms in total. The molecular formula is C23H24ClN5O4. The fourth-order valence-electron chi connectivity index (χ4n) is 3.26. The number of carbonyl (C=O) groups is 3. The van der Waals surface area contributed by atoms with Crippen LogP contribution in [0.1, 0.15) is 28.8 Å².